The van der Waals surface area contributed by atoms with Crippen LogP contribution in [0.5, 0.6) is 0 Å². The number of hydrogen-bond acceptors (Lipinski definition) is 5. The number of carbonyl (C=O) groups is 1. The van der Waals surface area contributed by atoms with E-state index in [1.165, 1.54) is 5.56 Å². The van der Waals surface area contributed by atoms with Crippen LogP contribution in [0, 0.1) is 0 Å². The highest BCUT2D eigenvalue weighted by Crippen LogP contribution is 2.16. The molecule has 0 radical (unpaired) electrons. The van der Waals surface area contributed by atoms with Crippen molar-refractivity contribution in [2.24, 2.45) is 12.0 Å². The average Bonchev–Trinajstić information content (AvgIpc) is 3.24. The molecule has 2 aromatic rings. The first-order valence-corrected chi connectivity index (χ1v) is 11.4. The second-order valence-electron chi connectivity index (χ2n) is 8.42. The molecule has 9 nitrogen and oxygen atoms in total. The number of rotatable bonds is 6. The van der Waals surface area contributed by atoms with Gasteiger partial charge in [0.25, 0.3) is 0 Å². The van der Waals surface area contributed by atoms with Crippen molar-refractivity contribution in [2.75, 3.05) is 70.9 Å². The van der Waals surface area contributed by atoms with E-state index in [4.69, 9.17) is 0 Å². The first-order chi connectivity index (χ1) is 15.6. The Bertz CT molecular complexity index is 910. The average molecular weight is 566 g/mol. The first-order valence-electron chi connectivity index (χ1n) is 11.4. The molecular formula is C23H35IN8O. The van der Waals surface area contributed by atoms with Gasteiger partial charge in [-0.1, -0.05) is 30.3 Å². The normalized spacial score (nSPS) is 18.4. The Morgan fingerprint density at radius 2 is 1.79 bits per heavy atom. The smallest absolute Gasteiger partial charge is 0.246 e. The zero-order valence-corrected chi connectivity index (χ0v) is 21.9. The minimum Gasteiger partial charge on any atom is -0.355 e. The molecule has 180 valence electrons. The Balaban J connectivity index is 0.00000306. The van der Waals surface area contributed by atoms with E-state index in [1.54, 1.807) is 22.8 Å². The highest BCUT2D eigenvalue weighted by molar-refractivity contribution is 14.0. The zero-order chi connectivity index (χ0) is 22.3. The van der Waals surface area contributed by atoms with Gasteiger partial charge in [-0.15, -0.1) is 24.0 Å². The number of nitrogens with one attached hydrogen (secondary N) is 1. The number of amides is 1. The summed E-state index contributed by atoms with van der Waals surface area (Å²) in [4.78, 5) is 25.9. The quantitative estimate of drug-likeness (QED) is 0.321. The predicted octanol–water partition coefficient (Wildman–Crippen LogP) is 1.08. The Hall–Kier alpha value is -2.18. The van der Waals surface area contributed by atoms with Crippen molar-refractivity contribution >= 4 is 41.5 Å². The summed E-state index contributed by atoms with van der Waals surface area (Å²) in [5, 5.41) is 7.62. The van der Waals surface area contributed by atoms with Crippen LogP contribution >= 0.6 is 24.0 Å². The first kappa shape index (κ1) is 25.4. The van der Waals surface area contributed by atoms with Gasteiger partial charge < -0.3 is 15.1 Å². The number of anilines is 1. The maximum atomic E-state index is 12.7. The van der Waals surface area contributed by atoms with E-state index < -0.39 is 0 Å². The number of carbonyl (C=O) groups excluding carboxylic acids is 1. The molecule has 4 rings (SSSR count). The summed E-state index contributed by atoms with van der Waals surface area (Å²) >= 11 is 0. The van der Waals surface area contributed by atoms with Crippen LogP contribution in [0.3, 0.4) is 0 Å². The van der Waals surface area contributed by atoms with E-state index in [0.29, 0.717) is 13.1 Å². The maximum absolute atomic E-state index is 12.7. The van der Waals surface area contributed by atoms with Crippen LogP contribution in [0.1, 0.15) is 5.56 Å². The summed E-state index contributed by atoms with van der Waals surface area (Å²) in [6.07, 6.45) is 3.61. The van der Waals surface area contributed by atoms with Crippen LogP contribution in [-0.2, 0) is 18.4 Å². The Morgan fingerprint density at radius 3 is 2.42 bits per heavy atom. The fraction of sp³-hybridized carbons (Fsp3) is 0.522. The van der Waals surface area contributed by atoms with Crippen LogP contribution < -0.4 is 10.2 Å². The second kappa shape index (κ2) is 12.3. The number of hydrogen-bond donors (Lipinski definition) is 1. The van der Waals surface area contributed by atoms with Gasteiger partial charge in [0.15, 0.2) is 5.96 Å². The number of nitrogens with zero attached hydrogens (tertiary/aromatic N) is 7. The number of aromatic nitrogens is 2. The van der Waals surface area contributed by atoms with Gasteiger partial charge in [0.2, 0.25) is 5.91 Å². The molecule has 0 spiro atoms. The Morgan fingerprint density at radius 1 is 1.06 bits per heavy atom. The maximum Gasteiger partial charge on any atom is 0.246 e. The van der Waals surface area contributed by atoms with E-state index in [0.717, 1.165) is 64.0 Å². The van der Waals surface area contributed by atoms with Crippen LogP contribution in [0.2, 0.25) is 0 Å². The Labute approximate surface area is 213 Å². The van der Waals surface area contributed by atoms with Crippen molar-refractivity contribution in [1.29, 1.82) is 0 Å². The van der Waals surface area contributed by atoms with Crippen molar-refractivity contribution in [2.45, 2.75) is 6.54 Å². The number of guanidine groups is 1. The van der Waals surface area contributed by atoms with Crippen LogP contribution in [0.25, 0.3) is 0 Å². The van der Waals surface area contributed by atoms with E-state index in [9.17, 15) is 4.79 Å². The molecule has 0 bridgehead atoms. The molecule has 10 heteroatoms. The van der Waals surface area contributed by atoms with E-state index in [2.05, 4.69) is 55.5 Å². The summed E-state index contributed by atoms with van der Waals surface area (Å²) in [7, 11) is 3.64. The summed E-state index contributed by atoms with van der Waals surface area (Å²) < 4.78 is 1.72. The SMILES string of the molecule is CN=C(NCCN1CCN(Cc2ccccc2)CC1)N1CCN(c2cnn(C)c2)C(=O)C1.I. The second-order valence-corrected chi connectivity index (χ2v) is 8.42. The third kappa shape index (κ3) is 6.90. The van der Waals surface area contributed by atoms with Crippen molar-refractivity contribution < 1.29 is 4.79 Å². The third-order valence-corrected chi connectivity index (χ3v) is 6.16. The molecule has 3 heterocycles. The molecular weight excluding hydrogens is 531 g/mol. The minimum absolute atomic E-state index is 0. The van der Waals surface area contributed by atoms with Crippen molar-refractivity contribution in [3.63, 3.8) is 0 Å². The molecule has 1 amide bonds. The molecule has 0 aliphatic carbocycles. The van der Waals surface area contributed by atoms with E-state index in [1.807, 2.05) is 18.1 Å². The topological polar surface area (TPSA) is 72.2 Å². The summed E-state index contributed by atoms with van der Waals surface area (Å²) in [6.45, 7) is 8.87. The van der Waals surface area contributed by atoms with Crippen molar-refractivity contribution in [3.05, 3.63) is 48.3 Å². The molecule has 0 unspecified atom stereocenters. The number of aliphatic imine (C=N–C) groups is 1. The molecule has 1 aromatic heterocycles. The fourth-order valence-corrected chi connectivity index (χ4v) is 4.35. The summed E-state index contributed by atoms with van der Waals surface area (Å²) in [6, 6.07) is 10.7. The lowest BCUT2D eigenvalue weighted by atomic mass is 10.2. The highest BCUT2D eigenvalue weighted by atomic mass is 127. The lowest BCUT2D eigenvalue weighted by molar-refractivity contribution is -0.120. The van der Waals surface area contributed by atoms with Gasteiger partial charge in [0, 0.05) is 79.2 Å². The standard InChI is InChI=1S/C23H34N8O.HI/c1-24-23(30-14-15-31(22(32)19-30)21-16-26-27(2)18-21)25-8-9-28-10-12-29(13-11-28)17-20-6-4-3-5-7-20;/h3-7,16,18H,8-15,17,19H2,1-2H3,(H,24,25);1H. The van der Waals surface area contributed by atoms with Crippen molar-refractivity contribution in [1.82, 2.24) is 29.8 Å². The van der Waals surface area contributed by atoms with Gasteiger partial charge >= 0.3 is 0 Å². The monoisotopic (exact) mass is 566 g/mol. The summed E-state index contributed by atoms with van der Waals surface area (Å²) in [5.41, 5.74) is 2.23. The number of halogens is 1. The number of aryl methyl sites for hydroxylation is 1. The molecule has 0 atom stereocenters. The van der Waals surface area contributed by atoms with E-state index >= 15 is 0 Å². The molecule has 1 N–H and O–H groups in total. The minimum atomic E-state index is 0. The number of piperazine rings is 2. The Kier molecular flexibility index (Phi) is 9.51. The van der Waals surface area contributed by atoms with Gasteiger partial charge in [-0.05, 0) is 5.56 Å². The molecule has 0 saturated carbocycles. The van der Waals surface area contributed by atoms with Crippen LogP contribution in [-0.4, -0.2) is 102 Å². The highest BCUT2D eigenvalue weighted by Gasteiger charge is 2.27. The van der Waals surface area contributed by atoms with Gasteiger partial charge in [0.05, 0.1) is 11.9 Å². The molecule has 2 fully saturated rings. The van der Waals surface area contributed by atoms with Crippen molar-refractivity contribution in [3.8, 4) is 0 Å². The van der Waals surface area contributed by atoms with E-state index in [-0.39, 0.29) is 29.9 Å². The van der Waals surface area contributed by atoms with Gasteiger partial charge in [-0.25, -0.2) is 0 Å². The van der Waals surface area contributed by atoms with Crippen LogP contribution in [0.15, 0.2) is 47.7 Å². The third-order valence-electron chi connectivity index (χ3n) is 6.16. The van der Waals surface area contributed by atoms with Gasteiger partial charge in [0.1, 0.15) is 6.54 Å². The molecule has 33 heavy (non-hydrogen) atoms. The lowest BCUT2D eigenvalue weighted by Crippen LogP contribution is -2.56. The molecule has 2 aliphatic rings. The zero-order valence-electron chi connectivity index (χ0n) is 19.6. The van der Waals surface area contributed by atoms with Gasteiger partial charge in [-0.2, -0.15) is 5.10 Å². The lowest BCUT2D eigenvalue weighted by Gasteiger charge is -2.36. The predicted molar refractivity (Wildman–Crippen MR) is 142 cm³/mol. The van der Waals surface area contributed by atoms with Crippen LogP contribution in [0.4, 0.5) is 5.69 Å². The number of benzene rings is 1. The van der Waals surface area contributed by atoms with Gasteiger partial charge in [-0.3, -0.25) is 24.3 Å². The fourth-order valence-electron chi connectivity index (χ4n) is 4.35. The largest absolute Gasteiger partial charge is 0.355 e. The summed E-state index contributed by atoms with van der Waals surface area (Å²) in [5.74, 6) is 0.869. The molecule has 1 aromatic carbocycles. The molecule has 2 aliphatic heterocycles. The molecule has 2 saturated heterocycles.